The number of rotatable bonds is 3. The van der Waals surface area contributed by atoms with Gasteiger partial charge in [0.1, 0.15) is 11.8 Å². The predicted molar refractivity (Wildman–Crippen MR) is 55.0 cm³/mol. The Bertz CT molecular complexity index is 395. The summed E-state index contributed by atoms with van der Waals surface area (Å²) in [6, 6.07) is 6.44. The highest BCUT2D eigenvalue weighted by atomic mass is 79.9. The topological polar surface area (TPSA) is 33.0 Å². The van der Waals surface area contributed by atoms with Crippen LogP contribution in [0, 0.1) is 11.3 Å². The molecule has 1 aromatic rings. The van der Waals surface area contributed by atoms with Crippen LogP contribution in [-0.2, 0) is 0 Å². The zero-order valence-electron chi connectivity index (χ0n) is 7.93. The minimum absolute atomic E-state index is 0.260. The summed E-state index contributed by atoms with van der Waals surface area (Å²) in [4.78, 5) is 0. The number of halogens is 3. The molecule has 0 aliphatic carbocycles. The summed E-state index contributed by atoms with van der Waals surface area (Å²) in [6.45, 7) is 0.0799. The SMILES string of the molecule is CC(F)(F)COc1ccc(Br)c(C#N)c1. The Morgan fingerprint density at radius 3 is 2.73 bits per heavy atom. The van der Waals surface area contributed by atoms with E-state index in [1.807, 2.05) is 6.07 Å². The zero-order valence-corrected chi connectivity index (χ0v) is 9.51. The highest BCUT2D eigenvalue weighted by Crippen LogP contribution is 2.23. The van der Waals surface area contributed by atoms with E-state index in [4.69, 9.17) is 10.00 Å². The Kier molecular flexibility index (Phi) is 3.64. The lowest BCUT2D eigenvalue weighted by Crippen LogP contribution is -2.20. The van der Waals surface area contributed by atoms with Gasteiger partial charge in [-0.15, -0.1) is 0 Å². The van der Waals surface area contributed by atoms with Gasteiger partial charge in [0.15, 0.2) is 6.61 Å². The summed E-state index contributed by atoms with van der Waals surface area (Å²) in [7, 11) is 0. The van der Waals surface area contributed by atoms with Crippen LogP contribution >= 0.6 is 15.9 Å². The van der Waals surface area contributed by atoms with Gasteiger partial charge < -0.3 is 4.74 Å². The molecule has 1 rings (SSSR count). The van der Waals surface area contributed by atoms with Crippen molar-refractivity contribution in [3.8, 4) is 11.8 Å². The molecule has 0 saturated carbocycles. The molecule has 0 spiro atoms. The first-order valence-electron chi connectivity index (χ1n) is 4.12. The molecule has 0 aliphatic heterocycles. The van der Waals surface area contributed by atoms with Gasteiger partial charge in [0.25, 0.3) is 5.92 Å². The van der Waals surface area contributed by atoms with Gasteiger partial charge in [0, 0.05) is 11.4 Å². The largest absolute Gasteiger partial charge is 0.487 e. The van der Waals surface area contributed by atoms with Gasteiger partial charge in [-0.2, -0.15) is 5.26 Å². The van der Waals surface area contributed by atoms with Crippen LogP contribution in [0.25, 0.3) is 0 Å². The lowest BCUT2D eigenvalue weighted by Gasteiger charge is -2.12. The molecule has 0 radical (unpaired) electrons. The lowest BCUT2D eigenvalue weighted by molar-refractivity contribution is -0.0229. The Labute approximate surface area is 94.6 Å². The fourth-order valence-electron chi connectivity index (χ4n) is 0.890. The van der Waals surface area contributed by atoms with Gasteiger partial charge in [-0.3, -0.25) is 0 Å². The van der Waals surface area contributed by atoms with Gasteiger partial charge in [0.2, 0.25) is 0 Å². The number of alkyl halides is 2. The summed E-state index contributed by atoms with van der Waals surface area (Å²) < 4.78 is 30.4. The number of hydrogen-bond acceptors (Lipinski definition) is 2. The van der Waals surface area contributed by atoms with Crippen LogP contribution in [0.5, 0.6) is 5.75 Å². The standard InChI is InChI=1S/C10H8BrF2NO/c1-10(12,13)6-15-8-2-3-9(11)7(4-8)5-14/h2-4H,6H2,1H3. The average Bonchev–Trinajstić information content (AvgIpc) is 2.15. The molecule has 15 heavy (non-hydrogen) atoms. The monoisotopic (exact) mass is 275 g/mol. The van der Waals surface area contributed by atoms with E-state index >= 15 is 0 Å². The summed E-state index contributed by atoms with van der Waals surface area (Å²) in [6.07, 6.45) is 0. The second-order valence-corrected chi connectivity index (χ2v) is 3.97. The van der Waals surface area contributed by atoms with E-state index in [1.54, 1.807) is 6.07 Å². The van der Waals surface area contributed by atoms with Crippen molar-refractivity contribution in [3.05, 3.63) is 28.2 Å². The fraction of sp³-hybridized carbons (Fsp3) is 0.300. The number of nitrogens with zero attached hydrogens (tertiary/aromatic N) is 1. The fourth-order valence-corrected chi connectivity index (χ4v) is 1.23. The normalized spacial score (nSPS) is 10.9. The predicted octanol–water partition coefficient (Wildman–Crippen LogP) is 3.35. The van der Waals surface area contributed by atoms with Crippen LogP contribution in [0.1, 0.15) is 12.5 Å². The number of nitriles is 1. The van der Waals surface area contributed by atoms with Crippen LogP contribution < -0.4 is 4.74 Å². The van der Waals surface area contributed by atoms with Crippen molar-refractivity contribution < 1.29 is 13.5 Å². The molecule has 0 heterocycles. The molecule has 0 fully saturated rings. The third-order valence-corrected chi connectivity index (χ3v) is 2.24. The molecular formula is C10H8BrF2NO. The summed E-state index contributed by atoms with van der Waals surface area (Å²) in [5.41, 5.74) is 0.354. The maximum absolute atomic E-state index is 12.5. The third kappa shape index (κ3) is 3.84. The van der Waals surface area contributed by atoms with Gasteiger partial charge >= 0.3 is 0 Å². The first-order valence-corrected chi connectivity index (χ1v) is 4.92. The molecule has 0 aliphatic rings. The maximum Gasteiger partial charge on any atom is 0.278 e. The van der Waals surface area contributed by atoms with Gasteiger partial charge in [0.05, 0.1) is 5.56 Å². The van der Waals surface area contributed by atoms with Crippen molar-refractivity contribution in [2.75, 3.05) is 6.61 Å². The van der Waals surface area contributed by atoms with Crippen LogP contribution in [0.2, 0.25) is 0 Å². The van der Waals surface area contributed by atoms with Crippen molar-refractivity contribution in [3.63, 3.8) is 0 Å². The van der Waals surface area contributed by atoms with Crippen molar-refractivity contribution in [2.24, 2.45) is 0 Å². The molecule has 0 N–H and O–H groups in total. The minimum atomic E-state index is -2.88. The number of benzene rings is 1. The molecule has 2 nitrogen and oxygen atoms in total. The first kappa shape index (κ1) is 11.9. The van der Waals surface area contributed by atoms with Gasteiger partial charge in [-0.1, -0.05) is 0 Å². The molecule has 5 heteroatoms. The summed E-state index contributed by atoms with van der Waals surface area (Å²) >= 11 is 3.15. The highest BCUT2D eigenvalue weighted by molar-refractivity contribution is 9.10. The van der Waals surface area contributed by atoms with E-state index in [2.05, 4.69) is 15.9 Å². The van der Waals surface area contributed by atoms with E-state index in [-0.39, 0.29) is 5.75 Å². The highest BCUT2D eigenvalue weighted by Gasteiger charge is 2.22. The Hall–Kier alpha value is -1.15. The molecule has 1 aromatic carbocycles. The molecule has 0 amide bonds. The van der Waals surface area contributed by atoms with E-state index in [0.29, 0.717) is 10.0 Å². The molecule has 0 bridgehead atoms. The van der Waals surface area contributed by atoms with Crippen molar-refractivity contribution in [2.45, 2.75) is 12.8 Å². The molecule has 0 atom stereocenters. The zero-order chi connectivity index (χ0) is 11.5. The van der Waals surface area contributed by atoms with E-state index in [0.717, 1.165) is 6.92 Å². The molecule has 0 saturated heterocycles. The first-order chi connectivity index (χ1) is 6.92. The van der Waals surface area contributed by atoms with Crippen LogP contribution in [0.15, 0.2) is 22.7 Å². The minimum Gasteiger partial charge on any atom is -0.487 e. The van der Waals surface area contributed by atoms with Crippen LogP contribution in [0.3, 0.4) is 0 Å². The molecule has 0 unspecified atom stereocenters. The Morgan fingerprint density at radius 2 is 2.20 bits per heavy atom. The summed E-state index contributed by atoms with van der Waals surface area (Å²) in [5, 5.41) is 8.69. The summed E-state index contributed by atoms with van der Waals surface area (Å²) in [5.74, 6) is -2.61. The lowest BCUT2D eigenvalue weighted by atomic mass is 10.2. The molecular weight excluding hydrogens is 268 g/mol. The number of hydrogen-bond donors (Lipinski definition) is 0. The maximum atomic E-state index is 12.5. The Balaban J connectivity index is 2.76. The smallest absolute Gasteiger partial charge is 0.278 e. The molecule has 0 aromatic heterocycles. The van der Waals surface area contributed by atoms with Gasteiger partial charge in [-0.05, 0) is 34.1 Å². The average molecular weight is 276 g/mol. The van der Waals surface area contributed by atoms with Crippen LogP contribution in [-0.4, -0.2) is 12.5 Å². The second-order valence-electron chi connectivity index (χ2n) is 3.11. The van der Waals surface area contributed by atoms with Crippen molar-refractivity contribution >= 4 is 15.9 Å². The van der Waals surface area contributed by atoms with Crippen molar-refractivity contribution in [1.29, 1.82) is 5.26 Å². The quantitative estimate of drug-likeness (QED) is 0.848. The van der Waals surface area contributed by atoms with E-state index < -0.39 is 12.5 Å². The second kappa shape index (κ2) is 4.58. The van der Waals surface area contributed by atoms with E-state index in [1.165, 1.54) is 12.1 Å². The van der Waals surface area contributed by atoms with Crippen molar-refractivity contribution in [1.82, 2.24) is 0 Å². The molecule has 80 valence electrons. The van der Waals surface area contributed by atoms with E-state index in [9.17, 15) is 8.78 Å². The van der Waals surface area contributed by atoms with Gasteiger partial charge in [-0.25, -0.2) is 8.78 Å². The Morgan fingerprint density at radius 1 is 1.53 bits per heavy atom. The third-order valence-electron chi connectivity index (χ3n) is 1.55. The number of ether oxygens (including phenoxy) is 1. The van der Waals surface area contributed by atoms with Crippen LogP contribution in [0.4, 0.5) is 8.78 Å².